The maximum absolute atomic E-state index is 12.0. The molecule has 0 saturated heterocycles. The predicted octanol–water partition coefficient (Wildman–Crippen LogP) is 0.979. The van der Waals surface area contributed by atoms with E-state index in [9.17, 15) is 19.8 Å². The third-order valence-electron chi connectivity index (χ3n) is 2.65. The van der Waals surface area contributed by atoms with E-state index in [2.05, 4.69) is 4.74 Å². The summed E-state index contributed by atoms with van der Waals surface area (Å²) >= 11 is 0. The highest BCUT2D eigenvalue weighted by atomic mass is 16.5. The van der Waals surface area contributed by atoms with Crippen LogP contribution in [0.1, 0.15) is 17.3 Å². The van der Waals surface area contributed by atoms with Crippen LogP contribution >= 0.6 is 0 Å². The Labute approximate surface area is 111 Å². The number of carbonyl (C=O) groups excluding carboxylic acids is 2. The van der Waals surface area contributed by atoms with E-state index in [0.717, 1.165) is 6.07 Å². The standard InChI is InChI=1S/C13H17NO5/c1-8(13(18)19-3)7-14(2)12(17)9-4-10(15)6-11(16)5-9/h4-6,8,15-16H,7H2,1-3H3. The first-order valence-corrected chi connectivity index (χ1v) is 5.71. The normalized spacial score (nSPS) is 11.7. The number of hydrogen-bond donors (Lipinski definition) is 2. The van der Waals surface area contributed by atoms with Crippen molar-refractivity contribution >= 4 is 11.9 Å². The van der Waals surface area contributed by atoms with Gasteiger partial charge in [-0.15, -0.1) is 0 Å². The SMILES string of the molecule is COC(=O)C(C)CN(C)C(=O)c1cc(O)cc(O)c1. The van der Waals surface area contributed by atoms with Gasteiger partial charge in [0.05, 0.1) is 13.0 Å². The topological polar surface area (TPSA) is 87.1 Å². The number of esters is 1. The predicted molar refractivity (Wildman–Crippen MR) is 67.9 cm³/mol. The molecule has 2 N–H and O–H groups in total. The maximum atomic E-state index is 12.0. The van der Waals surface area contributed by atoms with Gasteiger partial charge in [-0.2, -0.15) is 0 Å². The molecule has 0 heterocycles. The fraction of sp³-hybridized carbons (Fsp3) is 0.385. The van der Waals surface area contributed by atoms with Gasteiger partial charge in [0.1, 0.15) is 11.5 Å². The molecule has 1 rings (SSSR count). The molecule has 1 aromatic carbocycles. The van der Waals surface area contributed by atoms with Gasteiger partial charge in [0.15, 0.2) is 0 Å². The van der Waals surface area contributed by atoms with Crippen molar-refractivity contribution in [2.24, 2.45) is 5.92 Å². The lowest BCUT2D eigenvalue weighted by Gasteiger charge is -2.20. The minimum absolute atomic E-state index is 0.150. The molecule has 0 spiro atoms. The molecule has 0 aliphatic rings. The average molecular weight is 267 g/mol. The van der Waals surface area contributed by atoms with Crippen LogP contribution in [0.2, 0.25) is 0 Å². The molecule has 0 aromatic heterocycles. The highest BCUT2D eigenvalue weighted by Gasteiger charge is 2.20. The summed E-state index contributed by atoms with van der Waals surface area (Å²) in [5, 5.41) is 18.7. The smallest absolute Gasteiger partial charge is 0.310 e. The largest absolute Gasteiger partial charge is 0.508 e. The van der Waals surface area contributed by atoms with Crippen LogP contribution in [0.15, 0.2) is 18.2 Å². The molecule has 0 bridgehead atoms. The van der Waals surface area contributed by atoms with Gasteiger partial charge in [-0.1, -0.05) is 6.92 Å². The summed E-state index contributed by atoms with van der Waals surface area (Å²) < 4.78 is 4.58. The Hall–Kier alpha value is -2.24. The van der Waals surface area contributed by atoms with Crippen LogP contribution in [0.3, 0.4) is 0 Å². The van der Waals surface area contributed by atoms with Crippen molar-refractivity contribution < 1.29 is 24.5 Å². The van der Waals surface area contributed by atoms with Crippen molar-refractivity contribution in [3.8, 4) is 11.5 Å². The molecule has 0 aliphatic carbocycles. The Bertz CT molecular complexity index is 466. The zero-order chi connectivity index (χ0) is 14.6. The molecule has 1 amide bonds. The average Bonchev–Trinajstić information content (AvgIpc) is 2.35. The molecule has 104 valence electrons. The Morgan fingerprint density at radius 3 is 2.26 bits per heavy atom. The van der Waals surface area contributed by atoms with Crippen LogP contribution in [0, 0.1) is 5.92 Å². The molecule has 0 fully saturated rings. The monoisotopic (exact) mass is 267 g/mol. The van der Waals surface area contributed by atoms with E-state index in [1.807, 2.05) is 0 Å². The number of hydrogen-bond acceptors (Lipinski definition) is 5. The summed E-state index contributed by atoms with van der Waals surface area (Å²) in [6.45, 7) is 1.83. The van der Waals surface area contributed by atoms with E-state index >= 15 is 0 Å². The highest BCUT2D eigenvalue weighted by molar-refractivity contribution is 5.95. The maximum Gasteiger partial charge on any atom is 0.310 e. The van der Waals surface area contributed by atoms with Gasteiger partial charge in [-0.05, 0) is 12.1 Å². The number of amides is 1. The van der Waals surface area contributed by atoms with E-state index < -0.39 is 17.8 Å². The molecule has 6 nitrogen and oxygen atoms in total. The van der Waals surface area contributed by atoms with Gasteiger partial charge in [-0.3, -0.25) is 9.59 Å². The number of nitrogens with zero attached hydrogens (tertiary/aromatic N) is 1. The second-order valence-electron chi connectivity index (χ2n) is 4.35. The molecule has 19 heavy (non-hydrogen) atoms. The van der Waals surface area contributed by atoms with Gasteiger partial charge in [0.25, 0.3) is 5.91 Å². The number of aromatic hydroxyl groups is 2. The fourth-order valence-electron chi connectivity index (χ4n) is 1.71. The first-order valence-electron chi connectivity index (χ1n) is 5.71. The highest BCUT2D eigenvalue weighted by Crippen LogP contribution is 2.21. The number of ether oxygens (including phenoxy) is 1. The number of carbonyl (C=O) groups is 2. The summed E-state index contributed by atoms with van der Waals surface area (Å²) in [5.74, 6) is -1.65. The Morgan fingerprint density at radius 2 is 1.79 bits per heavy atom. The van der Waals surface area contributed by atoms with Gasteiger partial charge >= 0.3 is 5.97 Å². The van der Waals surface area contributed by atoms with E-state index in [1.165, 1.54) is 31.2 Å². The second kappa shape index (κ2) is 6.08. The van der Waals surface area contributed by atoms with Gasteiger partial charge < -0.3 is 19.8 Å². The second-order valence-corrected chi connectivity index (χ2v) is 4.35. The Balaban J connectivity index is 2.79. The number of benzene rings is 1. The first-order chi connectivity index (χ1) is 8.85. The lowest BCUT2D eigenvalue weighted by Crippen LogP contribution is -2.34. The number of phenols is 2. The van der Waals surface area contributed by atoms with Crippen molar-refractivity contribution in [3.63, 3.8) is 0 Å². The molecule has 0 aliphatic heterocycles. The van der Waals surface area contributed by atoms with Gasteiger partial charge in [-0.25, -0.2) is 0 Å². The van der Waals surface area contributed by atoms with Crippen LogP contribution in [0.25, 0.3) is 0 Å². The van der Waals surface area contributed by atoms with Crippen LogP contribution < -0.4 is 0 Å². The summed E-state index contributed by atoms with van der Waals surface area (Å²) in [5.41, 5.74) is 0.150. The minimum Gasteiger partial charge on any atom is -0.508 e. The molecule has 0 radical (unpaired) electrons. The molecule has 1 atom stereocenters. The Kier molecular flexibility index (Phi) is 4.74. The zero-order valence-corrected chi connectivity index (χ0v) is 11.1. The third kappa shape index (κ3) is 3.87. The number of methoxy groups -OCH3 is 1. The van der Waals surface area contributed by atoms with Gasteiger partial charge in [0, 0.05) is 25.2 Å². The number of phenolic OH excluding ortho intramolecular Hbond substituents is 2. The molecular weight excluding hydrogens is 250 g/mol. The zero-order valence-electron chi connectivity index (χ0n) is 11.1. The molecular formula is C13H17NO5. The van der Waals surface area contributed by atoms with E-state index in [1.54, 1.807) is 6.92 Å². The summed E-state index contributed by atoms with van der Waals surface area (Å²) in [7, 11) is 2.82. The Morgan fingerprint density at radius 1 is 1.26 bits per heavy atom. The lowest BCUT2D eigenvalue weighted by atomic mass is 10.1. The van der Waals surface area contributed by atoms with Crippen LogP contribution in [0.4, 0.5) is 0 Å². The van der Waals surface area contributed by atoms with Crippen LogP contribution in [-0.4, -0.2) is 47.7 Å². The minimum atomic E-state index is -0.454. The van der Waals surface area contributed by atoms with Crippen molar-refractivity contribution in [2.45, 2.75) is 6.92 Å². The fourth-order valence-corrected chi connectivity index (χ4v) is 1.71. The van der Waals surface area contributed by atoms with Crippen molar-refractivity contribution in [1.82, 2.24) is 4.90 Å². The van der Waals surface area contributed by atoms with Crippen molar-refractivity contribution in [2.75, 3.05) is 20.7 Å². The molecule has 6 heteroatoms. The van der Waals surface area contributed by atoms with E-state index in [0.29, 0.717) is 0 Å². The van der Waals surface area contributed by atoms with E-state index in [4.69, 9.17) is 0 Å². The van der Waals surface area contributed by atoms with Crippen molar-refractivity contribution in [3.05, 3.63) is 23.8 Å². The number of rotatable bonds is 4. The molecule has 0 saturated carbocycles. The van der Waals surface area contributed by atoms with Crippen molar-refractivity contribution in [1.29, 1.82) is 0 Å². The quantitative estimate of drug-likeness (QED) is 0.794. The van der Waals surface area contributed by atoms with Gasteiger partial charge in [0.2, 0.25) is 0 Å². The lowest BCUT2D eigenvalue weighted by molar-refractivity contribution is -0.145. The third-order valence-corrected chi connectivity index (χ3v) is 2.65. The summed E-state index contributed by atoms with van der Waals surface area (Å²) in [6.07, 6.45) is 0. The van der Waals surface area contributed by atoms with E-state index in [-0.39, 0.29) is 23.6 Å². The summed E-state index contributed by atoms with van der Waals surface area (Å²) in [6, 6.07) is 3.64. The molecule has 1 aromatic rings. The first kappa shape index (κ1) is 14.8. The van der Waals surface area contributed by atoms with Crippen LogP contribution in [-0.2, 0) is 9.53 Å². The summed E-state index contributed by atoms with van der Waals surface area (Å²) in [4.78, 5) is 24.7. The molecule has 1 unspecified atom stereocenters. The van der Waals surface area contributed by atoms with Crippen LogP contribution in [0.5, 0.6) is 11.5 Å².